The number of para-hydroxylation sites is 1. The average Bonchev–Trinajstić information content (AvgIpc) is 3.85. The van der Waals surface area contributed by atoms with Gasteiger partial charge in [-0.1, -0.05) is 165 Å². The maximum Gasteiger partial charge on any atom is 0.164 e. The predicted octanol–water partition coefficient (Wildman–Crippen LogP) is 13.7. The molecule has 0 saturated heterocycles. The molecule has 3 heterocycles. The number of hydrogen-bond donors (Lipinski definition) is 0. The van der Waals surface area contributed by atoms with Crippen molar-refractivity contribution in [3.05, 3.63) is 181 Å². The molecule has 0 spiro atoms. The molecule has 1 unspecified atom stereocenters. The van der Waals surface area contributed by atoms with Crippen LogP contribution in [0.5, 0.6) is 0 Å². The van der Waals surface area contributed by atoms with Crippen molar-refractivity contribution in [3.8, 4) is 67.5 Å². The van der Waals surface area contributed by atoms with Crippen molar-refractivity contribution in [1.29, 1.82) is 0 Å². The molecule has 5 nitrogen and oxygen atoms in total. The van der Waals surface area contributed by atoms with Gasteiger partial charge in [-0.2, -0.15) is 0 Å². The van der Waals surface area contributed by atoms with Gasteiger partial charge in [-0.05, 0) is 46.4 Å². The minimum Gasteiger partial charge on any atom is -0.460 e. The first-order valence-corrected chi connectivity index (χ1v) is 19.4. The molecule has 0 aliphatic heterocycles. The lowest BCUT2D eigenvalue weighted by Crippen LogP contribution is -2.00. The molecule has 11 rings (SSSR count). The molecule has 5 heteroatoms. The van der Waals surface area contributed by atoms with Crippen molar-refractivity contribution in [1.82, 2.24) is 15.0 Å². The highest BCUT2D eigenvalue weighted by Crippen LogP contribution is 2.43. The fraction of sp³-hybridized carbons (Fsp3) is 0.0577. The molecule has 0 bridgehead atoms. The lowest BCUT2D eigenvalue weighted by atomic mass is 9.94. The molecule has 0 fully saturated rings. The van der Waals surface area contributed by atoms with E-state index in [1.807, 2.05) is 54.6 Å². The third kappa shape index (κ3) is 5.75. The van der Waals surface area contributed by atoms with Crippen LogP contribution in [0.15, 0.2) is 179 Å². The Labute approximate surface area is 329 Å². The summed E-state index contributed by atoms with van der Waals surface area (Å²) in [5, 5.41) is 3.12. The fourth-order valence-electron chi connectivity index (χ4n) is 8.25. The van der Waals surface area contributed by atoms with Crippen LogP contribution in [-0.2, 0) is 6.42 Å². The van der Waals surface area contributed by atoms with Crippen LogP contribution >= 0.6 is 0 Å². The summed E-state index contributed by atoms with van der Waals surface area (Å²) in [6.45, 7) is 2.23. The zero-order valence-electron chi connectivity index (χ0n) is 31.2. The van der Waals surface area contributed by atoms with Crippen LogP contribution in [0.2, 0.25) is 0 Å². The second-order valence-electron chi connectivity index (χ2n) is 14.8. The minimum atomic E-state index is 0.463. The number of furan rings is 2. The van der Waals surface area contributed by atoms with Crippen molar-refractivity contribution in [3.63, 3.8) is 0 Å². The Morgan fingerprint density at radius 3 is 1.77 bits per heavy atom. The average molecular weight is 734 g/mol. The highest BCUT2D eigenvalue weighted by Gasteiger charge is 2.22. The number of nitrogens with zero attached hydrogens (tertiary/aromatic N) is 3. The summed E-state index contributed by atoms with van der Waals surface area (Å²) >= 11 is 0. The molecule has 10 aromatic rings. The van der Waals surface area contributed by atoms with Crippen LogP contribution in [0.25, 0.3) is 107 Å². The second-order valence-corrected chi connectivity index (χ2v) is 14.8. The second kappa shape index (κ2) is 13.4. The summed E-state index contributed by atoms with van der Waals surface area (Å²) in [6, 6.07) is 56.5. The van der Waals surface area contributed by atoms with Gasteiger partial charge in [-0.3, -0.25) is 0 Å². The molecular weight excluding hydrogens is 699 g/mol. The first-order chi connectivity index (χ1) is 28.1. The highest BCUT2D eigenvalue weighted by atomic mass is 16.3. The molecule has 0 N–H and O–H groups in total. The molecule has 1 aliphatic rings. The maximum atomic E-state index is 6.76. The molecule has 57 heavy (non-hydrogen) atoms. The molecular formula is C52H35N3O2. The van der Waals surface area contributed by atoms with Crippen LogP contribution in [0.3, 0.4) is 0 Å². The van der Waals surface area contributed by atoms with Crippen molar-refractivity contribution in [2.24, 2.45) is 5.92 Å². The number of hydrogen-bond acceptors (Lipinski definition) is 5. The largest absolute Gasteiger partial charge is 0.460 e. The summed E-state index contributed by atoms with van der Waals surface area (Å²) in [6.07, 6.45) is 5.39. The predicted molar refractivity (Wildman–Crippen MR) is 231 cm³/mol. The minimum absolute atomic E-state index is 0.463. The Balaban J connectivity index is 1.08. The van der Waals surface area contributed by atoms with Gasteiger partial charge < -0.3 is 8.83 Å². The van der Waals surface area contributed by atoms with Crippen LogP contribution in [-0.4, -0.2) is 15.0 Å². The first-order valence-electron chi connectivity index (χ1n) is 19.4. The summed E-state index contributed by atoms with van der Waals surface area (Å²) in [7, 11) is 0. The first kappa shape index (κ1) is 33.0. The van der Waals surface area contributed by atoms with Crippen LogP contribution in [0.4, 0.5) is 0 Å². The normalized spacial score (nSPS) is 13.7. The highest BCUT2D eigenvalue weighted by molar-refractivity contribution is 6.16. The molecule has 270 valence electrons. The van der Waals surface area contributed by atoms with Gasteiger partial charge in [0, 0.05) is 56.0 Å². The van der Waals surface area contributed by atoms with E-state index in [4.69, 9.17) is 23.8 Å². The number of allylic oxidation sites excluding steroid dienone is 1. The summed E-state index contributed by atoms with van der Waals surface area (Å²) in [4.78, 5) is 15.4. The number of rotatable bonds is 6. The van der Waals surface area contributed by atoms with Gasteiger partial charge >= 0.3 is 0 Å². The van der Waals surface area contributed by atoms with Gasteiger partial charge in [0.1, 0.15) is 22.5 Å². The van der Waals surface area contributed by atoms with E-state index < -0.39 is 0 Å². The van der Waals surface area contributed by atoms with Crippen molar-refractivity contribution in [2.45, 2.75) is 13.3 Å². The van der Waals surface area contributed by atoms with Gasteiger partial charge in [0.25, 0.3) is 0 Å². The lowest BCUT2D eigenvalue weighted by molar-refractivity contribution is 0.514. The number of fused-ring (bicyclic) bond motifs is 6. The van der Waals surface area contributed by atoms with Crippen LogP contribution in [0.1, 0.15) is 18.2 Å². The maximum absolute atomic E-state index is 6.76. The SMILES string of the molecule is CC1C=Cc2c(oc3c(-c4ccc(-c5nc(-c6ccccc6)nc(-c6cccc7oc8c(-c9ccccc9)cc(-c9ccccc9)cc8c67)n5)cc4)cccc23)C1. The Morgan fingerprint density at radius 1 is 0.456 bits per heavy atom. The van der Waals surface area contributed by atoms with Gasteiger partial charge in [0.05, 0.1) is 0 Å². The Morgan fingerprint density at radius 2 is 1.04 bits per heavy atom. The Kier molecular flexibility index (Phi) is 7.78. The summed E-state index contributed by atoms with van der Waals surface area (Å²) in [5.74, 6) is 3.30. The zero-order valence-corrected chi connectivity index (χ0v) is 31.2. The molecule has 0 saturated carbocycles. The smallest absolute Gasteiger partial charge is 0.164 e. The monoisotopic (exact) mass is 733 g/mol. The molecule has 0 radical (unpaired) electrons. The standard InChI is InChI=1S/C52H35N3O2/c1-32-23-28-40-41-20-11-19-39(48(41)57-46(40)29-32)35-24-26-37(27-25-35)51-53-50(36-17-9-4-10-18-36)54-52(55-51)42-21-12-22-45-47(42)44-31-38(33-13-5-2-6-14-33)30-43(49(44)56-45)34-15-7-3-8-16-34/h2-28,30-32H,29H2,1H3. The zero-order chi connectivity index (χ0) is 37.9. The van der Waals surface area contributed by atoms with E-state index in [0.717, 1.165) is 95.2 Å². The molecule has 7 aromatic carbocycles. The van der Waals surface area contributed by atoms with Crippen molar-refractivity contribution in [2.75, 3.05) is 0 Å². The quantitative estimate of drug-likeness (QED) is 0.170. The van der Waals surface area contributed by atoms with E-state index in [2.05, 4.69) is 128 Å². The fourth-order valence-corrected chi connectivity index (χ4v) is 8.25. The topological polar surface area (TPSA) is 65.0 Å². The Bertz CT molecular complexity index is 3140. The van der Waals surface area contributed by atoms with E-state index in [0.29, 0.717) is 23.4 Å². The number of aromatic nitrogens is 3. The third-order valence-corrected chi connectivity index (χ3v) is 11.1. The summed E-state index contributed by atoms with van der Waals surface area (Å²) < 4.78 is 13.3. The van der Waals surface area contributed by atoms with Gasteiger partial charge in [-0.15, -0.1) is 0 Å². The molecule has 1 atom stereocenters. The van der Waals surface area contributed by atoms with E-state index >= 15 is 0 Å². The van der Waals surface area contributed by atoms with E-state index in [1.54, 1.807) is 0 Å². The van der Waals surface area contributed by atoms with E-state index in [9.17, 15) is 0 Å². The van der Waals surface area contributed by atoms with Crippen LogP contribution in [0, 0.1) is 5.92 Å². The van der Waals surface area contributed by atoms with Crippen molar-refractivity contribution >= 4 is 39.0 Å². The lowest BCUT2D eigenvalue weighted by Gasteiger charge is -2.10. The Hall–Kier alpha value is -7.37. The van der Waals surface area contributed by atoms with E-state index in [1.165, 1.54) is 5.56 Å². The molecule has 3 aromatic heterocycles. The van der Waals surface area contributed by atoms with Crippen LogP contribution < -0.4 is 0 Å². The van der Waals surface area contributed by atoms with E-state index in [-0.39, 0.29) is 0 Å². The van der Waals surface area contributed by atoms with Gasteiger partial charge in [-0.25, -0.2) is 15.0 Å². The number of benzene rings is 7. The third-order valence-electron chi connectivity index (χ3n) is 11.1. The van der Waals surface area contributed by atoms with Gasteiger partial charge in [0.15, 0.2) is 17.5 Å². The summed E-state index contributed by atoms with van der Waals surface area (Å²) in [5.41, 5.74) is 12.9. The van der Waals surface area contributed by atoms with Gasteiger partial charge in [0.2, 0.25) is 0 Å². The molecule has 0 amide bonds. The molecule has 1 aliphatic carbocycles. The van der Waals surface area contributed by atoms with Crippen molar-refractivity contribution < 1.29 is 8.83 Å².